The molecule has 0 aromatic carbocycles. The van der Waals surface area contributed by atoms with Crippen LogP contribution in [0.3, 0.4) is 0 Å². The molecule has 4 N–H and O–H groups in total. The van der Waals surface area contributed by atoms with E-state index < -0.39 is 39.4 Å². The predicted molar refractivity (Wildman–Crippen MR) is 62.6 cm³/mol. The summed E-state index contributed by atoms with van der Waals surface area (Å²) in [5.41, 5.74) is 0. The molecule has 15 heavy (non-hydrogen) atoms. The third kappa shape index (κ3) is 6.29. The zero-order chi connectivity index (χ0) is 11.8. The summed E-state index contributed by atoms with van der Waals surface area (Å²) in [6, 6.07) is -1.54. The van der Waals surface area contributed by atoms with Crippen molar-refractivity contribution in [3.8, 4) is 0 Å². The quantitative estimate of drug-likeness (QED) is 0.240. The fraction of sp³-hybridized carbons (Fsp3) is 0.667. The predicted octanol–water partition coefficient (Wildman–Crippen LogP) is -1.53. The molecule has 0 saturated heterocycles. The Morgan fingerprint density at radius 1 is 1.07 bits per heavy atom. The van der Waals surface area contributed by atoms with Crippen molar-refractivity contribution in [3.05, 3.63) is 0 Å². The summed E-state index contributed by atoms with van der Waals surface area (Å²) in [5, 5.41) is 17.3. The first-order valence-electron chi connectivity index (χ1n) is 3.87. The topological polar surface area (TPSA) is 98.7 Å². The van der Waals surface area contributed by atoms with Crippen LogP contribution < -0.4 is 8.67 Å². The van der Waals surface area contributed by atoms with Gasteiger partial charge in [0.2, 0.25) is 0 Å². The number of nitrogens with one attached hydrogen (secondary N) is 2. The fourth-order valence-electron chi connectivity index (χ4n) is 0.508. The molecule has 0 rings (SSSR count). The Bertz CT molecular complexity index is 209. The van der Waals surface area contributed by atoms with Crippen LogP contribution in [0.25, 0.3) is 0 Å². The second kappa shape index (κ2) is 8.26. The van der Waals surface area contributed by atoms with Crippen LogP contribution in [-0.4, -0.2) is 61.1 Å². The van der Waals surface area contributed by atoms with Crippen molar-refractivity contribution in [3.63, 3.8) is 0 Å². The van der Waals surface area contributed by atoms with Gasteiger partial charge in [-0.2, -0.15) is 0 Å². The van der Waals surface area contributed by atoms with Gasteiger partial charge in [0.1, 0.15) is 0 Å². The van der Waals surface area contributed by atoms with Crippen LogP contribution in [0, 0.1) is 0 Å². The zero-order valence-electron chi connectivity index (χ0n) is 7.58. The number of carbonyl (C=O) groups is 2. The molecule has 0 aliphatic heterocycles. The van der Waals surface area contributed by atoms with Gasteiger partial charge in [-0.25, -0.2) is 0 Å². The molecule has 0 aliphatic rings. The van der Waals surface area contributed by atoms with E-state index in [0.29, 0.717) is 0 Å². The number of carboxylic acids is 2. The van der Waals surface area contributed by atoms with Gasteiger partial charge in [-0.15, -0.1) is 0 Å². The fourth-order valence-corrected chi connectivity index (χ4v) is 3.07. The summed E-state index contributed by atoms with van der Waals surface area (Å²) in [6.45, 7) is 0. The summed E-state index contributed by atoms with van der Waals surface area (Å²) in [6.07, 6.45) is 0. The average molecular weight is 319 g/mol. The minimum absolute atomic E-state index is 0.150. The van der Waals surface area contributed by atoms with Crippen molar-refractivity contribution in [2.45, 2.75) is 12.1 Å². The third-order valence-electron chi connectivity index (χ3n) is 1.36. The normalized spacial score (nSPS) is 14.5. The molecule has 88 valence electrons. The Labute approximate surface area is 105 Å². The molecule has 0 bridgehead atoms. The molecule has 0 aromatic rings. The van der Waals surface area contributed by atoms with Crippen molar-refractivity contribution < 1.29 is 19.8 Å². The van der Waals surface area contributed by atoms with Gasteiger partial charge in [-0.1, -0.05) is 0 Å². The number of hydrogen-bond acceptors (Lipinski definition) is 6. The first-order chi connectivity index (χ1) is 7.02. The molecule has 0 fully saturated rings. The molecule has 2 unspecified atom stereocenters. The van der Waals surface area contributed by atoms with Crippen LogP contribution in [-0.2, 0) is 9.59 Å². The number of carboxylic acid groups (broad SMARTS) is 2. The van der Waals surface area contributed by atoms with Gasteiger partial charge >= 0.3 is 105 Å². The first kappa shape index (κ1) is 15.1. The Balaban J connectivity index is 3.85. The van der Waals surface area contributed by atoms with E-state index in [1.54, 1.807) is 0 Å². The Kier molecular flexibility index (Phi) is 8.30. The van der Waals surface area contributed by atoms with Gasteiger partial charge in [0.25, 0.3) is 0 Å². The third-order valence-corrected chi connectivity index (χ3v) is 3.78. The van der Waals surface area contributed by atoms with Crippen LogP contribution in [0.4, 0.5) is 0 Å². The second-order valence-corrected chi connectivity index (χ2v) is 4.63. The Morgan fingerprint density at radius 3 is 1.60 bits per heavy atom. The molecule has 9 heteroatoms. The molecule has 0 saturated carbocycles. The van der Waals surface area contributed by atoms with Crippen LogP contribution in [0.5, 0.6) is 0 Å². The van der Waals surface area contributed by atoms with Gasteiger partial charge in [0, 0.05) is 0 Å². The van der Waals surface area contributed by atoms with Crippen LogP contribution in [0.2, 0.25) is 0 Å². The van der Waals surface area contributed by atoms with E-state index in [2.05, 4.69) is 33.9 Å². The summed E-state index contributed by atoms with van der Waals surface area (Å²) >= 11 is 7.23. The Hall–Kier alpha value is 0.0795. The maximum absolute atomic E-state index is 10.5. The van der Waals surface area contributed by atoms with Gasteiger partial charge in [0.05, 0.1) is 0 Å². The van der Waals surface area contributed by atoms with Crippen molar-refractivity contribution >= 4 is 52.6 Å². The Morgan fingerprint density at radius 2 is 1.40 bits per heavy atom. The van der Waals surface area contributed by atoms with E-state index in [1.165, 1.54) is 0 Å². The molecule has 0 spiro atoms. The van der Waals surface area contributed by atoms with Crippen molar-refractivity contribution in [1.29, 1.82) is 0 Å². The number of thiol groups is 2. The minimum atomic E-state index is -1.01. The summed E-state index contributed by atoms with van der Waals surface area (Å²) < 4.78 is 5.33. The second-order valence-electron chi connectivity index (χ2n) is 2.48. The summed E-state index contributed by atoms with van der Waals surface area (Å²) in [7, 11) is 0. The van der Waals surface area contributed by atoms with Crippen molar-refractivity contribution in [2.24, 2.45) is 0 Å². The molecular weight excluding hydrogens is 307 g/mol. The first-order valence-corrected chi connectivity index (χ1v) is 6.85. The van der Waals surface area contributed by atoms with E-state index in [0.717, 1.165) is 0 Å². The summed E-state index contributed by atoms with van der Waals surface area (Å²) in [4.78, 5) is 21.1. The van der Waals surface area contributed by atoms with Crippen LogP contribution in [0.15, 0.2) is 0 Å². The molecule has 0 heterocycles. The van der Waals surface area contributed by atoms with Crippen LogP contribution >= 0.6 is 25.3 Å². The van der Waals surface area contributed by atoms with E-state index in [1.807, 2.05) is 0 Å². The van der Waals surface area contributed by atoms with Crippen molar-refractivity contribution in [2.75, 3.05) is 11.5 Å². The number of aliphatic carboxylic acids is 2. The van der Waals surface area contributed by atoms with E-state index in [-0.39, 0.29) is 11.5 Å². The van der Waals surface area contributed by atoms with Gasteiger partial charge in [0.15, 0.2) is 0 Å². The van der Waals surface area contributed by atoms with Crippen molar-refractivity contribution in [1.82, 2.24) is 8.67 Å². The number of hydrogen-bond donors (Lipinski definition) is 6. The van der Waals surface area contributed by atoms with Crippen LogP contribution in [0.1, 0.15) is 0 Å². The molecule has 6 nitrogen and oxygen atoms in total. The molecule has 0 aliphatic carbocycles. The monoisotopic (exact) mass is 320 g/mol. The molecule has 0 aromatic heterocycles. The molecule has 0 amide bonds. The SMILES string of the molecule is O=C(O)C(CS)N[Se]NC(CS)C(=O)O. The molecular formula is C6H12N2O4S2Se. The van der Waals surface area contributed by atoms with Gasteiger partial charge in [-0.05, 0) is 0 Å². The zero-order valence-corrected chi connectivity index (χ0v) is 11.1. The van der Waals surface area contributed by atoms with E-state index in [9.17, 15) is 9.59 Å². The molecule has 0 radical (unpaired) electrons. The summed E-state index contributed by atoms with van der Waals surface area (Å²) in [5.74, 6) is -1.72. The van der Waals surface area contributed by atoms with Gasteiger partial charge < -0.3 is 0 Å². The van der Waals surface area contributed by atoms with E-state index in [4.69, 9.17) is 10.2 Å². The average Bonchev–Trinajstić information content (AvgIpc) is 2.17. The molecule has 2 atom stereocenters. The number of rotatable bonds is 8. The van der Waals surface area contributed by atoms with E-state index >= 15 is 0 Å². The standard InChI is InChI=1S/C6H12N2O4S2Se/c9-5(10)3(1-13)7-15-8-4(2-14)6(11)12/h3-4,7-8,13-14H,1-2H2,(H,9,10)(H,11,12). The maximum atomic E-state index is 10.5. The van der Waals surface area contributed by atoms with Gasteiger partial charge in [-0.3, -0.25) is 0 Å².